The van der Waals surface area contributed by atoms with Gasteiger partial charge in [0.2, 0.25) is 0 Å². The number of aliphatic carboxylic acids is 1. The first kappa shape index (κ1) is 18.2. The summed E-state index contributed by atoms with van der Waals surface area (Å²) in [5, 5.41) is 11.7. The average molecular weight is 359 g/mol. The Morgan fingerprint density at radius 3 is 3.00 bits per heavy atom. The van der Waals surface area contributed by atoms with Crippen molar-refractivity contribution in [2.75, 3.05) is 13.2 Å². The SMILES string of the molecule is CCc1cccc(F)c1COc1ccc2c(c1)OCC(NCC(=O)O)C2. The Kier molecular flexibility index (Phi) is 5.73. The number of carboxylic acid groups (broad SMARTS) is 1. The zero-order chi connectivity index (χ0) is 18.5. The van der Waals surface area contributed by atoms with Gasteiger partial charge in [-0.05, 0) is 36.1 Å². The molecule has 1 atom stereocenters. The van der Waals surface area contributed by atoms with E-state index in [1.807, 2.05) is 25.1 Å². The fourth-order valence-corrected chi connectivity index (χ4v) is 3.06. The summed E-state index contributed by atoms with van der Waals surface area (Å²) in [6.45, 7) is 2.46. The lowest BCUT2D eigenvalue weighted by Gasteiger charge is -2.26. The Morgan fingerprint density at radius 1 is 1.38 bits per heavy atom. The van der Waals surface area contributed by atoms with Crippen LogP contribution in [-0.4, -0.2) is 30.3 Å². The first-order chi connectivity index (χ1) is 12.6. The summed E-state index contributed by atoms with van der Waals surface area (Å²) in [4.78, 5) is 10.6. The Hall–Kier alpha value is -2.60. The van der Waals surface area contributed by atoms with E-state index < -0.39 is 5.97 Å². The Bertz CT molecular complexity index is 793. The molecule has 3 rings (SSSR count). The van der Waals surface area contributed by atoms with Crippen LogP contribution in [0, 0.1) is 5.82 Å². The lowest BCUT2D eigenvalue weighted by Crippen LogP contribution is -2.41. The van der Waals surface area contributed by atoms with Crippen molar-refractivity contribution in [3.8, 4) is 11.5 Å². The minimum Gasteiger partial charge on any atom is -0.492 e. The van der Waals surface area contributed by atoms with Gasteiger partial charge < -0.3 is 19.9 Å². The van der Waals surface area contributed by atoms with E-state index in [1.165, 1.54) is 6.07 Å². The third kappa shape index (κ3) is 4.32. The topological polar surface area (TPSA) is 67.8 Å². The van der Waals surface area contributed by atoms with Gasteiger partial charge in [0, 0.05) is 17.7 Å². The normalized spacial score (nSPS) is 15.8. The molecule has 0 saturated carbocycles. The maximum absolute atomic E-state index is 14.0. The van der Waals surface area contributed by atoms with Crippen molar-refractivity contribution in [1.82, 2.24) is 5.32 Å². The van der Waals surface area contributed by atoms with Crippen molar-refractivity contribution in [2.45, 2.75) is 32.4 Å². The number of rotatable bonds is 7. The highest BCUT2D eigenvalue weighted by molar-refractivity contribution is 5.69. The Labute approximate surface area is 151 Å². The zero-order valence-corrected chi connectivity index (χ0v) is 14.6. The van der Waals surface area contributed by atoms with Crippen LogP contribution in [0.4, 0.5) is 4.39 Å². The van der Waals surface area contributed by atoms with Crippen LogP contribution in [0.5, 0.6) is 11.5 Å². The number of carbonyl (C=O) groups is 1. The third-order valence-corrected chi connectivity index (χ3v) is 4.47. The van der Waals surface area contributed by atoms with Gasteiger partial charge in [0.15, 0.2) is 0 Å². The number of nitrogens with one attached hydrogen (secondary N) is 1. The van der Waals surface area contributed by atoms with E-state index in [2.05, 4.69) is 5.32 Å². The van der Waals surface area contributed by atoms with Gasteiger partial charge in [-0.2, -0.15) is 0 Å². The number of benzene rings is 2. The number of hydrogen-bond donors (Lipinski definition) is 2. The minimum absolute atomic E-state index is 0.0316. The predicted molar refractivity (Wildman–Crippen MR) is 95.2 cm³/mol. The molecule has 0 aliphatic carbocycles. The van der Waals surface area contributed by atoms with Crippen molar-refractivity contribution < 1.29 is 23.8 Å². The summed E-state index contributed by atoms with van der Waals surface area (Å²) in [7, 11) is 0. The molecule has 0 bridgehead atoms. The number of ether oxygens (including phenoxy) is 2. The maximum Gasteiger partial charge on any atom is 0.317 e. The second-order valence-corrected chi connectivity index (χ2v) is 6.28. The fourth-order valence-electron chi connectivity index (χ4n) is 3.06. The first-order valence-corrected chi connectivity index (χ1v) is 8.66. The van der Waals surface area contributed by atoms with Crippen molar-refractivity contribution in [1.29, 1.82) is 0 Å². The van der Waals surface area contributed by atoms with Gasteiger partial charge >= 0.3 is 5.97 Å². The number of halogens is 1. The summed E-state index contributed by atoms with van der Waals surface area (Å²) >= 11 is 0. The summed E-state index contributed by atoms with van der Waals surface area (Å²) in [6, 6.07) is 10.6. The summed E-state index contributed by atoms with van der Waals surface area (Å²) in [5.41, 5.74) is 2.50. The van der Waals surface area contributed by atoms with Crippen LogP contribution in [0.1, 0.15) is 23.6 Å². The third-order valence-electron chi connectivity index (χ3n) is 4.47. The Morgan fingerprint density at radius 2 is 2.23 bits per heavy atom. The summed E-state index contributed by atoms with van der Waals surface area (Å²) < 4.78 is 25.5. The molecule has 0 saturated heterocycles. The van der Waals surface area contributed by atoms with Crippen molar-refractivity contribution in [2.24, 2.45) is 0 Å². The Balaban J connectivity index is 1.65. The van der Waals surface area contributed by atoms with E-state index in [0.29, 0.717) is 24.3 Å². The monoisotopic (exact) mass is 359 g/mol. The summed E-state index contributed by atoms with van der Waals surface area (Å²) in [5.74, 6) is 0.191. The van der Waals surface area contributed by atoms with Crippen LogP contribution >= 0.6 is 0 Å². The van der Waals surface area contributed by atoms with E-state index in [-0.39, 0.29) is 25.0 Å². The van der Waals surface area contributed by atoms with Crippen LogP contribution in [0.2, 0.25) is 0 Å². The van der Waals surface area contributed by atoms with Gasteiger partial charge in [-0.15, -0.1) is 0 Å². The molecule has 1 aliphatic rings. The maximum atomic E-state index is 14.0. The van der Waals surface area contributed by atoms with Crippen LogP contribution < -0.4 is 14.8 Å². The van der Waals surface area contributed by atoms with Gasteiger partial charge in [0.05, 0.1) is 6.54 Å². The molecule has 1 unspecified atom stereocenters. The quantitative estimate of drug-likeness (QED) is 0.796. The number of fused-ring (bicyclic) bond motifs is 1. The molecule has 0 fully saturated rings. The highest BCUT2D eigenvalue weighted by Crippen LogP contribution is 2.30. The van der Waals surface area contributed by atoms with Crippen molar-refractivity contribution in [3.63, 3.8) is 0 Å². The standard InChI is InChI=1S/C20H22FNO4/c1-2-13-4-3-5-18(21)17(13)12-25-16-7-6-14-8-15(22-10-20(23)24)11-26-19(14)9-16/h3-7,9,15,22H,2,8,10-12H2,1H3,(H,23,24). The molecule has 5 nitrogen and oxygen atoms in total. The van der Waals surface area contributed by atoms with Crippen molar-refractivity contribution >= 4 is 5.97 Å². The zero-order valence-electron chi connectivity index (χ0n) is 14.6. The second-order valence-electron chi connectivity index (χ2n) is 6.28. The van der Waals surface area contributed by atoms with Crippen molar-refractivity contribution in [3.05, 3.63) is 58.9 Å². The van der Waals surface area contributed by atoms with Gasteiger partial charge in [-0.1, -0.05) is 25.1 Å². The van der Waals surface area contributed by atoms with Crippen LogP contribution in [0.15, 0.2) is 36.4 Å². The lowest BCUT2D eigenvalue weighted by atomic mass is 10.0. The average Bonchev–Trinajstić information content (AvgIpc) is 2.64. The first-order valence-electron chi connectivity index (χ1n) is 8.66. The number of carboxylic acids is 1. The summed E-state index contributed by atoms with van der Waals surface area (Å²) in [6.07, 6.45) is 1.44. The second kappa shape index (κ2) is 8.19. The predicted octanol–water partition coefficient (Wildman–Crippen LogP) is 2.94. The molecular weight excluding hydrogens is 337 g/mol. The molecule has 0 aromatic heterocycles. The minimum atomic E-state index is -0.890. The molecule has 26 heavy (non-hydrogen) atoms. The molecule has 1 heterocycles. The molecule has 0 radical (unpaired) electrons. The fraction of sp³-hybridized carbons (Fsp3) is 0.350. The number of hydrogen-bond acceptors (Lipinski definition) is 4. The highest BCUT2D eigenvalue weighted by atomic mass is 19.1. The molecule has 2 aromatic rings. The molecule has 2 aromatic carbocycles. The molecule has 2 N–H and O–H groups in total. The molecule has 138 valence electrons. The van der Waals surface area contributed by atoms with E-state index >= 15 is 0 Å². The van der Waals surface area contributed by atoms with Gasteiger partial charge in [0.25, 0.3) is 0 Å². The van der Waals surface area contributed by atoms with E-state index in [0.717, 1.165) is 23.3 Å². The molecule has 6 heteroatoms. The largest absolute Gasteiger partial charge is 0.492 e. The molecule has 0 spiro atoms. The molecular formula is C20H22FNO4. The van der Waals surface area contributed by atoms with E-state index in [4.69, 9.17) is 14.6 Å². The van der Waals surface area contributed by atoms with Gasteiger partial charge in [0.1, 0.15) is 30.5 Å². The lowest BCUT2D eigenvalue weighted by molar-refractivity contribution is -0.136. The van der Waals surface area contributed by atoms with Gasteiger partial charge in [-0.3, -0.25) is 4.79 Å². The smallest absolute Gasteiger partial charge is 0.317 e. The molecule has 1 aliphatic heterocycles. The number of aryl methyl sites for hydroxylation is 1. The van der Waals surface area contributed by atoms with Crippen LogP contribution in [-0.2, 0) is 24.2 Å². The van der Waals surface area contributed by atoms with Crippen LogP contribution in [0.3, 0.4) is 0 Å². The van der Waals surface area contributed by atoms with Crippen LogP contribution in [0.25, 0.3) is 0 Å². The van der Waals surface area contributed by atoms with Gasteiger partial charge in [-0.25, -0.2) is 4.39 Å². The highest BCUT2D eigenvalue weighted by Gasteiger charge is 2.20. The molecule has 0 amide bonds. The van der Waals surface area contributed by atoms with E-state index in [1.54, 1.807) is 12.1 Å². The van der Waals surface area contributed by atoms with E-state index in [9.17, 15) is 9.18 Å².